The normalized spacial score (nSPS) is 12.9. The van der Waals surface area contributed by atoms with Crippen molar-refractivity contribution in [2.24, 2.45) is 0 Å². The molecule has 0 bridgehead atoms. The summed E-state index contributed by atoms with van der Waals surface area (Å²) >= 11 is 0. The van der Waals surface area contributed by atoms with Gasteiger partial charge in [0.25, 0.3) is 0 Å². The molecule has 0 N–H and O–H groups in total. The van der Waals surface area contributed by atoms with Gasteiger partial charge in [0.15, 0.2) is 7.14 Å². The van der Waals surface area contributed by atoms with Crippen LogP contribution >= 0.6 is 7.14 Å². The number of anilines is 6. The summed E-state index contributed by atoms with van der Waals surface area (Å²) in [5, 5.41) is 11.2. The molecule has 4 heteroatoms. The first-order chi connectivity index (χ1) is 27.7. The van der Waals surface area contributed by atoms with E-state index >= 15 is 4.57 Å². The smallest absolute Gasteiger partial charge is 0.173 e. The van der Waals surface area contributed by atoms with E-state index in [1.54, 1.807) is 0 Å². The predicted molar refractivity (Wildman–Crippen MR) is 239 cm³/mol. The molecule has 0 saturated heterocycles. The molecule has 10 aromatic carbocycles. The van der Waals surface area contributed by atoms with Crippen LogP contribution in [0, 0.1) is 0 Å². The molecule has 0 radical (unpaired) electrons. The Labute approximate surface area is 325 Å². The van der Waals surface area contributed by atoms with Crippen LogP contribution < -0.4 is 25.7 Å². The first-order valence-electron chi connectivity index (χ1n) is 19.0. The van der Waals surface area contributed by atoms with Crippen molar-refractivity contribution in [3.8, 4) is 0 Å². The van der Waals surface area contributed by atoms with Crippen molar-refractivity contribution < 1.29 is 4.57 Å². The molecule has 3 nitrogen and oxygen atoms in total. The molecule has 0 aliphatic carbocycles. The Morgan fingerprint density at radius 1 is 0.286 bits per heavy atom. The molecule has 11 rings (SSSR count). The molecule has 0 aromatic heterocycles. The number of hydrogen-bond donors (Lipinski definition) is 0. The Kier molecular flexibility index (Phi) is 7.45. The van der Waals surface area contributed by atoms with Crippen molar-refractivity contribution >= 4 is 100 Å². The highest BCUT2D eigenvalue weighted by Gasteiger charge is 2.40. The van der Waals surface area contributed by atoms with Crippen LogP contribution in [0.1, 0.15) is 0 Å². The molecular weight excluding hydrogens is 700 g/mol. The quantitative estimate of drug-likeness (QED) is 0.120. The number of fused-ring (bicyclic) bond motifs is 1. The SMILES string of the molecule is O=P1(c2cccc3ccccc23)c2cc(N(c3ccccc3)c3ccccc3)cc3ccc4ccc5cc(N(c6ccccc6)c6ccccc6)cc1c5c4c23. The topological polar surface area (TPSA) is 23.6 Å². The Morgan fingerprint density at radius 3 is 1.14 bits per heavy atom. The monoisotopic (exact) mass is 734 g/mol. The van der Waals surface area contributed by atoms with E-state index in [-0.39, 0.29) is 0 Å². The summed E-state index contributed by atoms with van der Waals surface area (Å²) in [6.07, 6.45) is 0. The molecule has 0 fully saturated rings. The Hall–Kier alpha value is -6.93. The van der Waals surface area contributed by atoms with E-state index in [1.807, 2.05) is 24.3 Å². The second kappa shape index (κ2) is 12.8. The fourth-order valence-electron chi connectivity index (χ4n) is 8.90. The van der Waals surface area contributed by atoms with Crippen LogP contribution in [0.5, 0.6) is 0 Å². The third kappa shape index (κ3) is 4.95. The number of rotatable bonds is 7. The van der Waals surface area contributed by atoms with Crippen LogP contribution in [0.4, 0.5) is 34.1 Å². The number of para-hydroxylation sites is 4. The van der Waals surface area contributed by atoms with Crippen molar-refractivity contribution in [3.05, 3.63) is 212 Å². The molecule has 1 heterocycles. The second-order valence-electron chi connectivity index (χ2n) is 14.5. The zero-order chi connectivity index (χ0) is 37.2. The van der Waals surface area contributed by atoms with Crippen LogP contribution in [0.2, 0.25) is 0 Å². The first kappa shape index (κ1) is 32.5. The standard InChI is InChI=1S/C52H35N2OP/c55-56(47-27-15-17-36-16-13-14-26-46(36)47)48-34-44(53(40-18-5-1-6-19-40)41-20-7-2-8-21-41)32-38-30-28-37-29-31-39-33-45(35-49(56)51(39)52(37)50(38)48)54(42-22-9-3-10-23-42)43-24-11-4-12-25-43/h1-35H. The van der Waals surface area contributed by atoms with Crippen molar-refractivity contribution in [3.63, 3.8) is 0 Å². The third-order valence-corrected chi connectivity index (χ3v) is 14.4. The Bertz CT molecular complexity index is 2910. The lowest BCUT2D eigenvalue weighted by Crippen LogP contribution is -2.30. The molecule has 0 spiro atoms. The van der Waals surface area contributed by atoms with Gasteiger partial charge in [0, 0.05) is 60.8 Å². The molecule has 0 amide bonds. The summed E-state index contributed by atoms with van der Waals surface area (Å²) in [6, 6.07) is 74.5. The summed E-state index contributed by atoms with van der Waals surface area (Å²) in [6.45, 7) is 0. The Morgan fingerprint density at radius 2 is 0.679 bits per heavy atom. The van der Waals surface area contributed by atoms with Crippen LogP contribution in [-0.2, 0) is 4.57 Å². The Balaban J connectivity index is 1.29. The van der Waals surface area contributed by atoms with Gasteiger partial charge in [-0.05, 0) is 105 Å². The lowest BCUT2D eigenvalue weighted by Gasteiger charge is -2.33. The second-order valence-corrected chi connectivity index (χ2v) is 17.1. The van der Waals surface area contributed by atoms with Crippen molar-refractivity contribution in [1.82, 2.24) is 0 Å². The fraction of sp³-hybridized carbons (Fsp3) is 0. The highest BCUT2D eigenvalue weighted by atomic mass is 31.2. The molecule has 0 saturated carbocycles. The summed E-state index contributed by atoms with van der Waals surface area (Å²) in [4.78, 5) is 4.57. The van der Waals surface area contributed by atoms with Crippen molar-refractivity contribution in [2.45, 2.75) is 0 Å². The van der Waals surface area contributed by atoms with E-state index < -0.39 is 7.14 Å². The van der Waals surface area contributed by atoms with Crippen molar-refractivity contribution in [2.75, 3.05) is 9.80 Å². The molecular formula is C52H35N2OP. The van der Waals surface area contributed by atoms with E-state index in [2.05, 4.69) is 198 Å². The summed E-state index contributed by atoms with van der Waals surface area (Å²) in [5.41, 5.74) is 6.07. The van der Waals surface area contributed by atoms with Crippen LogP contribution in [0.15, 0.2) is 212 Å². The molecule has 1 aliphatic rings. The molecule has 10 aromatic rings. The molecule has 56 heavy (non-hydrogen) atoms. The molecule has 0 atom stereocenters. The van der Waals surface area contributed by atoms with E-state index in [9.17, 15) is 0 Å². The van der Waals surface area contributed by atoms with Gasteiger partial charge in [-0.3, -0.25) is 0 Å². The van der Waals surface area contributed by atoms with E-state index in [1.165, 1.54) is 0 Å². The largest absolute Gasteiger partial charge is 0.310 e. The van der Waals surface area contributed by atoms with Gasteiger partial charge in [0.05, 0.1) is 0 Å². The van der Waals surface area contributed by atoms with Gasteiger partial charge in [-0.15, -0.1) is 0 Å². The first-order valence-corrected chi connectivity index (χ1v) is 20.7. The van der Waals surface area contributed by atoms with E-state index in [4.69, 9.17) is 0 Å². The highest BCUT2D eigenvalue weighted by molar-refractivity contribution is 7.86. The lowest BCUT2D eigenvalue weighted by molar-refractivity contribution is 0.593. The van der Waals surface area contributed by atoms with E-state index in [0.29, 0.717) is 0 Å². The minimum Gasteiger partial charge on any atom is -0.310 e. The van der Waals surface area contributed by atoms with Gasteiger partial charge in [-0.25, -0.2) is 0 Å². The molecule has 1 aliphatic heterocycles. The van der Waals surface area contributed by atoms with Gasteiger partial charge < -0.3 is 14.4 Å². The zero-order valence-electron chi connectivity index (χ0n) is 30.5. The van der Waals surface area contributed by atoms with Gasteiger partial charge in [-0.2, -0.15) is 0 Å². The minimum absolute atomic E-state index is 0.857. The van der Waals surface area contributed by atoms with Crippen LogP contribution in [0.3, 0.4) is 0 Å². The molecule has 264 valence electrons. The maximum Gasteiger partial charge on any atom is 0.173 e. The van der Waals surface area contributed by atoms with Gasteiger partial charge in [-0.1, -0.05) is 140 Å². The third-order valence-electron chi connectivity index (χ3n) is 11.3. The van der Waals surface area contributed by atoms with Gasteiger partial charge >= 0.3 is 0 Å². The maximum atomic E-state index is 17.4. The van der Waals surface area contributed by atoms with Crippen LogP contribution in [0.25, 0.3) is 43.1 Å². The number of nitrogens with zero attached hydrogens (tertiary/aromatic N) is 2. The number of hydrogen-bond acceptors (Lipinski definition) is 3. The van der Waals surface area contributed by atoms with Gasteiger partial charge in [0.2, 0.25) is 0 Å². The van der Waals surface area contributed by atoms with E-state index in [0.717, 1.165) is 93.1 Å². The predicted octanol–water partition coefficient (Wildman–Crippen LogP) is 13.2. The lowest BCUT2D eigenvalue weighted by atomic mass is 9.94. The van der Waals surface area contributed by atoms with Crippen molar-refractivity contribution in [1.29, 1.82) is 0 Å². The molecule has 0 unspecified atom stereocenters. The summed E-state index contributed by atoms with van der Waals surface area (Å²) in [5.74, 6) is 0. The highest BCUT2D eigenvalue weighted by Crippen LogP contribution is 2.55. The average molecular weight is 735 g/mol. The minimum atomic E-state index is -3.61. The zero-order valence-corrected chi connectivity index (χ0v) is 31.4. The number of benzene rings is 10. The van der Waals surface area contributed by atoms with Gasteiger partial charge in [0.1, 0.15) is 0 Å². The fourth-order valence-corrected chi connectivity index (χ4v) is 12.3. The summed E-state index contributed by atoms with van der Waals surface area (Å²) in [7, 11) is -3.61. The average Bonchev–Trinajstić information content (AvgIpc) is 3.26. The summed E-state index contributed by atoms with van der Waals surface area (Å²) < 4.78 is 17.4. The van der Waals surface area contributed by atoms with Crippen LogP contribution in [-0.4, -0.2) is 0 Å². The maximum absolute atomic E-state index is 17.4.